The molecule has 0 unspecified atom stereocenters. The molecule has 0 spiro atoms. The molecule has 0 aromatic heterocycles. The maximum absolute atomic E-state index is 2.36. The lowest BCUT2D eigenvalue weighted by molar-refractivity contribution is 0.481. The first-order chi connectivity index (χ1) is 12.4. The quantitative estimate of drug-likeness (QED) is 0.568. The predicted molar refractivity (Wildman–Crippen MR) is 116 cm³/mol. The van der Waals surface area contributed by atoms with Gasteiger partial charge < -0.3 is 4.90 Å². The van der Waals surface area contributed by atoms with Crippen LogP contribution < -0.4 is 0 Å². The van der Waals surface area contributed by atoms with Gasteiger partial charge in [-0.2, -0.15) is 0 Å². The van der Waals surface area contributed by atoms with Crippen LogP contribution in [0.5, 0.6) is 0 Å². The van der Waals surface area contributed by atoms with E-state index >= 15 is 0 Å². The van der Waals surface area contributed by atoms with Gasteiger partial charge in [0.1, 0.15) is 0 Å². The van der Waals surface area contributed by atoms with Gasteiger partial charge >= 0.3 is 0 Å². The number of aryl methyl sites for hydroxylation is 1. The van der Waals surface area contributed by atoms with Gasteiger partial charge in [-0.25, -0.2) is 0 Å². The van der Waals surface area contributed by atoms with Gasteiger partial charge in [-0.3, -0.25) is 0 Å². The van der Waals surface area contributed by atoms with Crippen LogP contribution >= 0.6 is 0 Å². The Morgan fingerprint density at radius 3 is 2.15 bits per heavy atom. The molecule has 2 aromatic carbocycles. The summed E-state index contributed by atoms with van der Waals surface area (Å²) in [6.45, 7) is 14.0. The summed E-state index contributed by atoms with van der Waals surface area (Å²) in [5.74, 6) is 0. The van der Waals surface area contributed by atoms with Crippen molar-refractivity contribution in [3.8, 4) is 11.1 Å². The van der Waals surface area contributed by atoms with Crippen LogP contribution in [0.25, 0.3) is 16.8 Å². The van der Waals surface area contributed by atoms with Crippen molar-refractivity contribution in [1.29, 1.82) is 0 Å². The minimum Gasteiger partial charge on any atom is -0.370 e. The van der Waals surface area contributed by atoms with Crippen LogP contribution in [-0.2, 0) is 0 Å². The molecule has 0 aliphatic carbocycles. The van der Waals surface area contributed by atoms with Crippen molar-refractivity contribution in [2.24, 2.45) is 5.41 Å². The van der Waals surface area contributed by atoms with Crippen LogP contribution in [-0.4, -0.2) is 18.5 Å². The van der Waals surface area contributed by atoms with E-state index in [2.05, 4.69) is 100 Å². The molecule has 3 rings (SSSR count). The van der Waals surface area contributed by atoms with Crippen LogP contribution in [0.4, 0.5) is 0 Å². The van der Waals surface area contributed by atoms with Crippen molar-refractivity contribution in [1.82, 2.24) is 4.90 Å². The maximum atomic E-state index is 2.36. The van der Waals surface area contributed by atoms with Crippen molar-refractivity contribution in [3.63, 3.8) is 0 Å². The molecule has 1 heterocycles. The first-order valence-electron chi connectivity index (χ1n) is 9.66. The highest BCUT2D eigenvalue weighted by atomic mass is 15.1. The molecule has 0 saturated heterocycles. The van der Waals surface area contributed by atoms with E-state index in [4.69, 9.17) is 0 Å². The van der Waals surface area contributed by atoms with Crippen LogP contribution in [0.15, 0.2) is 66.3 Å². The Labute approximate surface area is 160 Å². The van der Waals surface area contributed by atoms with Crippen molar-refractivity contribution >= 4 is 5.70 Å². The standard InChI is InChI=1S/C23H27N.C2H6/c1-17-11-12-19(18-9-7-6-8-10-18)15-21(17)22-16-20(23(2,3)4)13-14-24(22)5;1-2/h6-13,15-16H,14H2,1-5H3;1-2H3. The van der Waals surface area contributed by atoms with Gasteiger partial charge in [-0.1, -0.05) is 83.2 Å². The predicted octanol–water partition coefficient (Wildman–Crippen LogP) is 6.95. The largest absolute Gasteiger partial charge is 0.370 e. The molecular weight excluding hydrogens is 314 g/mol. The average Bonchev–Trinajstić information content (AvgIpc) is 2.64. The molecule has 26 heavy (non-hydrogen) atoms. The van der Waals surface area contributed by atoms with E-state index in [-0.39, 0.29) is 5.41 Å². The summed E-state index contributed by atoms with van der Waals surface area (Å²) in [6.07, 6.45) is 4.71. The van der Waals surface area contributed by atoms with Gasteiger partial charge in [0.2, 0.25) is 0 Å². The third-order valence-corrected chi connectivity index (χ3v) is 4.78. The third-order valence-electron chi connectivity index (χ3n) is 4.78. The van der Waals surface area contributed by atoms with Crippen molar-refractivity contribution < 1.29 is 0 Å². The summed E-state index contributed by atoms with van der Waals surface area (Å²) < 4.78 is 0. The summed E-state index contributed by atoms with van der Waals surface area (Å²) in [5.41, 5.74) is 8.11. The van der Waals surface area contributed by atoms with E-state index in [1.54, 1.807) is 0 Å². The second-order valence-electron chi connectivity index (χ2n) is 7.72. The summed E-state index contributed by atoms with van der Waals surface area (Å²) in [4.78, 5) is 2.34. The van der Waals surface area contributed by atoms with Gasteiger partial charge in [0.25, 0.3) is 0 Å². The molecule has 2 aromatic rings. The Morgan fingerprint density at radius 2 is 1.54 bits per heavy atom. The fraction of sp³-hybridized carbons (Fsp3) is 0.360. The smallest absolute Gasteiger partial charge is 0.0445 e. The van der Waals surface area contributed by atoms with Gasteiger partial charge in [-0.05, 0) is 46.7 Å². The second kappa shape index (κ2) is 8.40. The average molecular weight is 348 g/mol. The molecule has 0 amide bonds. The van der Waals surface area contributed by atoms with Crippen LogP contribution in [0.2, 0.25) is 0 Å². The van der Waals surface area contributed by atoms with E-state index in [1.807, 2.05) is 13.8 Å². The van der Waals surface area contributed by atoms with Crippen LogP contribution in [0.3, 0.4) is 0 Å². The Bertz CT molecular complexity index is 789. The highest BCUT2D eigenvalue weighted by Gasteiger charge is 2.21. The fourth-order valence-electron chi connectivity index (χ4n) is 3.16. The molecule has 0 saturated carbocycles. The number of likely N-dealkylation sites (N-methyl/N-ethyl adjacent to an activating group) is 1. The molecule has 138 valence electrons. The molecule has 0 bridgehead atoms. The van der Waals surface area contributed by atoms with E-state index < -0.39 is 0 Å². The molecule has 1 nitrogen and oxygen atoms in total. The molecule has 1 heteroatoms. The molecule has 0 fully saturated rings. The number of nitrogens with zero attached hydrogens (tertiary/aromatic N) is 1. The van der Waals surface area contributed by atoms with Crippen molar-refractivity contribution in [3.05, 3.63) is 77.4 Å². The Hall–Kier alpha value is -2.28. The van der Waals surface area contributed by atoms with Gasteiger partial charge in [0.15, 0.2) is 0 Å². The van der Waals surface area contributed by atoms with E-state index in [9.17, 15) is 0 Å². The van der Waals surface area contributed by atoms with E-state index in [1.165, 1.54) is 33.5 Å². The summed E-state index contributed by atoms with van der Waals surface area (Å²) in [5, 5.41) is 0. The summed E-state index contributed by atoms with van der Waals surface area (Å²) >= 11 is 0. The number of rotatable bonds is 2. The Balaban J connectivity index is 0.00000117. The second-order valence-corrected chi connectivity index (χ2v) is 7.72. The molecular formula is C25H33N. The van der Waals surface area contributed by atoms with Crippen molar-refractivity contribution in [2.45, 2.75) is 41.5 Å². The number of benzene rings is 2. The first-order valence-corrected chi connectivity index (χ1v) is 9.66. The van der Waals surface area contributed by atoms with E-state index in [0.717, 1.165) is 6.54 Å². The number of hydrogen-bond donors (Lipinski definition) is 0. The molecule has 1 aliphatic heterocycles. The third kappa shape index (κ3) is 4.46. The lowest BCUT2D eigenvalue weighted by Gasteiger charge is -2.31. The molecule has 1 aliphatic rings. The lowest BCUT2D eigenvalue weighted by Crippen LogP contribution is -2.23. The zero-order valence-corrected chi connectivity index (χ0v) is 17.4. The Morgan fingerprint density at radius 1 is 0.885 bits per heavy atom. The topological polar surface area (TPSA) is 3.24 Å². The SMILES string of the molecule is CC.Cc1ccc(-c2ccccc2)cc1C1=CC(C(C)(C)C)=CCN1C. The Kier molecular flexibility index (Phi) is 6.47. The number of allylic oxidation sites excluding steroid dienone is 2. The van der Waals surface area contributed by atoms with Gasteiger partial charge in [-0.15, -0.1) is 0 Å². The molecule has 0 radical (unpaired) electrons. The molecule has 0 N–H and O–H groups in total. The minimum atomic E-state index is 0.178. The van der Waals surface area contributed by atoms with Crippen molar-refractivity contribution in [2.75, 3.05) is 13.6 Å². The molecule has 0 atom stereocenters. The monoisotopic (exact) mass is 347 g/mol. The maximum Gasteiger partial charge on any atom is 0.0445 e. The van der Waals surface area contributed by atoms with Crippen LogP contribution in [0.1, 0.15) is 45.7 Å². The zero-order valence-electron chi connectivity index (χ0n) is 17.4. The van der Waals surface area contributed by atoms with Gasteiger partial charge in [0.05, 0.1) is 0 Å². The number of hydrogen-bond acceptors (Lipinski definition) is 1. The zero-order chi connectivity index (χ0) is 19.3. The first kappa shape index (κ1) is 20.0. The highest BCUT2D eigenvalue weighted by molar-refractivity contribution is 5.76. The lowest BCUT2D eigenvalue weighted by atomic mass is 9.83. The highest BCUT2D eigenvalue weighted by Crippen LogP contribution is 2.35. The summed E-state index contributed by atoms with van der Waals surface area (Å²) in [6, 6.07) is 17.4. The summed E-state index contributed by atoms with van der Waals surface area (Å²) in [7, 11) is 2.18. The minimum absolute atomic E-state index is 0.178. The van der Waals surface area contributed by atoms with E-state index in [0.29, 0.717) is 0 Å². The normalized spacial score (nSPS) is 14.2. The van der Waals surface area contributed by atoms with Gasteiger partial charge in [0, 0.05) is 24.9 Å². The van der Waals surface area contributed by atoms with Crippen LogP contribution in [0, 0.1) is 12.3 Å². The fourth-order valence-corrected chi connectivity index (χ4v) is 3.16.